The van der Waals surface area contributed by atoms with Crippen LogP contribution >= 0.6 is 12.2 Å². The van der Waals surface area contributed by atoms with Crippen LogP contribution in [0.2, 0.25) is 0 Å². The second-order valence-electron chi connectivity index (χ2n) is 4.12. The molecule has 0 bridgehead atoms. The van der Waals surface area contributed by atoms with Crippen LogP contribution < -0.4 is 0 Å². The Morgan fingerprint density at radius 2 is 1.71 bits per heavy atom. The summed E-state index contributed by atoms with van der Waals surface area (Å²) in [5.74, 6) is 0. The van der Waals surface area contributed by atoms with E-state index < -0.39 is 0 Å². The van der Waals surface area contributed by atoms with Gasteiger partial charge in [0.05, 0.1) is 11.0 Å². The normalized spacial score (nSPS) is 10.9. The van der Waals surface area contributed by atoms with E-state index in [9.17, 15) is 0 Å². The van der Waals surface area contributed by atoms with Crippen LogP contribution in [0, 0.1) is 11.7 Å². The number of aromatic nitrogens is 2. The summed E-state index contributed by atoms with van der Waals surface area (Å²) in [6, 6.07) is 16.5. The first-order valence-electron chi connectivity index (χ1n) is 5.52. The molecule has 0 saturated heterocycles. The zero-order valence-corrected chi connectivity index (χ0v) is 10.3. The third-order valence-corrected chi connectivity index (χ3v) is 3.17. The fraction of sp³-hybridized carbons (Fsp3) is 0.0714. The van der Waals surface area contributed by atoms with Crippen LogP contribution in [0.25, 0.3) is 16.7 Å². The van der Waals surface area contributed by atoms with Crippen LogP contribution in [0.15, 0.2) is 48.5 Å². The number of rotatable bonds is 1. The van der Waals surface area contributed by atoms with Gasteiger partial charge in [-0.15, -0.1) is 0 Å². The maximum absolute atomic E-state index is 5.38. The molecular formula is C14H12N2S. The highest BCUT2D eigenvalue weighted by Crippen LogP contribution is 2.19. The first-order chi connectivity index (χ1) is 8.25. The minimum Gasteiger partial charge on any atom is -0.330 e. The number of fused-ring (bicyclic) bond motifs is 1. The van der Waals surface area contributed by atoms with Crippen molar-refractivity contribution in [2.45, 2.75) is 6.92 Å². The first-order valence-corrected chi connectivity index (χ1v) is 5.93. The van der Waals surface area contributed by atoms with Gasteiger partial charge in [0.15, 0.2) is 4.77 Å². The lowest BCUT2D eigenvalue weighted by molar-refractivity contribution is 1.06. The van der Waals surface area contributed by atoms with Crippen LogP contribution in [0.5, 0.6) is 0 Å². The topological polar surface area (TPSA) is 20.7 Å². The molecule has 3 rings (SSSR count). The summed E-state index contributed by atoms with van der Waals surface area (Å²) in [5, 5.41) is 0. The van der Waals surface area contributed by atoms with Crippen LogP contribution in [0.1, 0.15) is 5.56 Å². The summed E-state index contributed by atoms with van der Waals surface area (Å²) in [4.78, 5) is 3.22. The summed E-state index contributed by atoms with van der Waals surface area (Å²) in [7, 11) is 0. The van der Waals surface area contributed by atoms with Crippen molar-refractivity contribution < 1.29 is 0 Å². The molecule has 0 unspecified atom stereocenters. The first kappa shape index (κ1) is 10.3. The van der Waals surface area contributed by atoms with Crippen LogP contribution in [0.4, 0.5) is 0 Å². The van der Waals surface area contributed by atoms with Gasteiger partial charge in [0.1, 0.15) is 0 Å². The lowest BCUT2D eigenvalue weighted by atomic mass is 10.2. The van der Waals surface area contributed by atoms with E-state index in [1.807, 2.05) is 18.2 Å². The Labute approximate surface area is 105 Å². The lowest BCUT2D eigenvalue weighted by Gasteiger charge is -2.04. The average Bonchev–Trinajstić information content (AvgIpc) is 2.66. The molecule has 1 aromatic heterocycles. The Bertz CT molecular complexity index is 720. The maximum atomic E-state index is 5.38. The van der Waals surface area contributed by atoms with E-state index in [2.05, 4.69) is 46.8 Å². The van der Waals surface area contributed by atoms with Crippen molar-refractivity contribution in [3.8, 4) is 5.69 Å². The highest BCUT2D eigenvalue weighted by Gasteiger charge is 2.04. The molecule has 2 aromatic carbocycles. The third kappa shape index (κ3) is 1.68. The molecule has 0 radical (unpaired) electrons. The molecule has 0 fully saturated rings. The zero-order valence-electron chi connectivity index (χ0n) is 9.47. The fourth-order valence-corrected chi connectivity index (χ4v) is 2.32. The van der Waals surface area contributed by atoms with Crippen molar-refractivity contribution in [3.63, 3.8) is 0 Å². The fourth-order valence-electron chi connectivity index (χ4n) is 2.01. The van der Waals surface area contributed by atoms with Gasteiger partial charge in [-0.25, -0.2) is 0 Å². The van der Waals surface area contributed by atoms with Gasteiger partial charge >= 0.3 is 0 Å². The number of aryl methyl sites for hydroxylation is 1. The van der Waals surface area contributed by atoms with Crippen molar-refractivity contribution in [1.82, 2.24) is 9.55 Å². The second kappa shape index (κ2) is 3.86. The van der Waals surface area contributed by atoms with Gasteiger partial charge in [0, 0.05) is 5.69 Å². The molecule has 1 heterocycles. The number of aromatic amines is 1. The van der Waals surface area contributed by atoms with Crippen molar-refractivity contribution in [1.29, 1.82) is 0 Å². The van der Waals surface area contributed by atoms with E-state index in [1.165, 1.54) is 5.56 Å². The number of para-hydroxylation sites is 2. The zero-order chi connectivity index (χ0) is 11.8. The molecule has 0 saturated carbocycles. The summed E-state index contributed by atoms with van der Waals surface area (Å²) in [6.07, 6.45) is 0. The number of nitrogens with one attached hydrogen (secondary N) is 1. The van der Waals surface area contributed by atoms with Crippen molar-refractivity contribution in [2.24, 2.45) is 0 Å². The molecule has 17 heavy (non-hydrogen) atoms. The number of nitrogens with zero attached hydrogens (tertiary/aromatic N) is 1. The molecule has 0 amide bonds. The molecular weight excluding hydrogens is 228 g/mol. The SMILES string of the molecule is Cc1ccc(-n2c(=S)[nH]c3ccccc32)cc1. The molecule has 3 heteroatoms. The smallest absolute Gasteiger partial charge is 0.182 e. The summed E-state index contributed by atoms with van der Waals surface area (Å²) in [5.41, 5.74) is 4.53. The Kier molecular flexibility index (Phi) is 2.34. The van der Waals surface area contributed by atoms with Gasteiger partial charge in [0.25, 0.3) is 0 Å². The van der Waals surface area contributed by atoms with Crippen LogP contribution in [-0.2, 0) is 0 Å². The van der Waals surface area contributed by atoms with Gasteiger partial charge in [0.2, 0.25) is 0 Å². The number of benzene rings is 2. The van der Waals surface area contributed by atoms with Crippen LogP contribution in [0.3, 0.4) is 0 Å². The highest BCUT2D eigenvalue weighted by atomic mass is 32.1. The third-order valence-electron chi connectivity index (χ3n) is 2.88. The quantitative estimate of drug-likeness (QED) is 0.638. The Balaban J connectivity index is 2.33. The molecule has 0 aliphatic rings. The Morgan fingerprint density at radius 1 is 1.00 bits per heavy atom. The standard InChI is InChI=1S/C14H12N2S/c1-10-6-8-11(9-7-10)16-13-5-3-2-4-12(13)15-14(16)17/h2-9H,1H3,(H,15,17). The molecule has 0 atom stereocenters. The number of hydrogen-bond acceptors (Lipinski definition) is 1. The van der Waals surface area contributed by atoms with Gasteiger partial charge < -0.3 is 4.98 Å². The molecule has 3 aromatic rings. The summed E-state index contributed by atoms with van der Waals surface area (Å²) >= 11 is 5.38. The van der Waals surface area contributed by atoms with Crippen molar-refractivity contribution >= 4 is 23.3 Å². The van der Waals surface area contributed by atoms with E-state index in [1.54, 1.807) is 0 Å². The predicted molar refractivity (Wildman–Crippen MR) is 73.2 cm³/mol. The van der Waals surface area contributed by atoms with E-state index in [0.717, 1.165) is 21.5 Å². The minimum atomic E-state index is 0.732. The monoisotopic (exact) mass is 240 g/mol. The number of H-pyrrole nitrogens is 1. The van der Waals surface area contributed by atoms with E-state index in [-0.39, 0.29) is 0 Å². The highest BCUT2D eigenvalue weighted by molar-refractivity contribution is 7.71. The van der Waals surface area contributed by atoms with Crippen molar-refractivity contribution in [2.75, 3.05) is 0 Å². The molecule has 0 aliphatic carbocycles. The molecule has 0 aliphatic heterocycles. The molecule has 1 N–H and O–H groups in total. The summed E-state index contributed by atoms with van der Waals surface area (Å²) in [6.45, 7) is 2.08. The van der Waals surface area contributed by atoms with Gasteiger partial charge in [-0.05, 0) is 43.4 Å². The van der Waals surface area contributed by atoms with E-state index in [4.69, 9.17) is 12.2 Å². The summed E-state index contributed by atoms with van der Waals surface area (Å²) < 4.78 is 2.79. The predicted octanol–water partition coefficient (Wildman–Crippen LogP) is 4.00. The van der Waals surface area contributed by atoms with Crippen molar-refractivity contribution in [3.05, 3.63) is 58.9 Å². The van der Waals surface area contributed by atoms with Gasteiger partial charge in [-0.2, -0.15) is 0 Å². The van der Waals surface area contributed by atoms with Gasteiger partial charge in [-0.1, -0.05) is 29.8 Å². The lowest BCUT2D eigenvalue weighted by Crippen LogP contribution is -1.93. The second-order valence-corrected chi connectivity index (χ2v) is 4.50. The number of hydrogen-bond donors (Lipinski definition) is 1. The molecule has 84 valence electrons. The Morgan fingerprint density at radius 3 is 2.47 bits per heavy atom. The van der Waals surface area contributed by atoms with Gasteiger partial charge in [-0.3, -0.25) is 4.57 Å². The van der Waals surface area contributed by atoms with E-state index in [0.29, 0.717) is 0 Å². The largest absolute Gasteiger partial charge is 0.330 e. The average molecular weight is 240 g/mol. The van der Waals surface area contributed by atoms with Crippen LogP contribution in [-0.4, -0.2) is 9.55 Å². The number of imidazole rings is 1. The molecule has 0 spiro atoms. The minimum absolute atomic E-state index is 0.732. The van der Waals surface area contributed by atoms with E-state index >= 15 is 0 Å². The maximum Gasteiger partial charge on any atom is 0.182 e. The molecule has 2 nitrogen and oxygen atoms in total. The Hall–Kier alpha value is -1.87.